The van der Waals surface area contributed by atoms with Gasteiger partial charge >= 0.3 is 6.09 Å². The van der Waals surface area contributed by atoms with E-state index in [0.29, 0.717) is 6.54 Å². The summed E-state index contributed by atoms with van der Waals surface area (Å²) in [5, 5.41) is 0.196. The van der Waals surface area contributed by atoms with Gasteiger partial charge in [-0.15, -0.1) is 0 Å². The van der Waals surface area contributed by atoms with E-state index in [1.54, 1.807) is 4.90 Å². The minimum atomic E-state index is -1.78. The van der Waals surface area contributed by atoms with E-state index in [-0.39, 0.29) is 17.2 Å². The topological polar surface area (TPSA) is 38.8 Å². The van der Waals surface area contributed by atoms with Crippen LogP contribution in [0.15, 0.2) is 0 Å². The number of carbonyl (C=O) groups is 1. The molecule has 0 aromatic heterocycles. The van der Waals surface area contributed by atoms with Crippen molar-refractivity contribution in [2.45, 2.75) is 84.2 Å². The molecular formula is C16H33NO3Si. The van der Waals surface area contributed by atoms with Crippen molar-refractivity contribution < 1.29 is 14.0 Å². The highest BCUT2D eigenvalue weighted by Crippen LogP contribution is 2.38. The van der Waals surface area contributed by atoms with Gasteiger partial charge in [-0.25, -0.2) is 4.79 Å². The van der Waals surface area contributed by atoms with Crippen LogP contribution in [0.1, 0.15) is 54.4 Å². The molecule has 0 spiro atoms. The second-order valence-electron chi connectivity index (χ2n) is 8.57. The molecule has 1 saturated heterocycles. The zero-order valence-corrected chi connectivity index (χ0v) is 16.1. The van der Waals surface area contributed by atoms with Crippen LogP contribution in [0.5, 0.6) is 0 Å². The van der Waals surface area contributed by atoms with Gasteiger partial charge in [-0.1, -0.05) is 20.8 Å². The first-order chi connectivity index (χ1) is 9.32. The summed E-state index contributed by atoms with van der Waals surface area (Å²) < 4.78 is 11.9. The quantitative estimate of drug-likeness (QED) is 0.709. The Bertz CT molecular complexity index is 369. The molecule has 0 saturated carbocycles. The Kier molecular flexibility index (Phi) is 5.54. The molecule has 1 fully saturated rings. The molecule has 1 rings (SSSR count). The Morgan fingerprint density at radius 1 is 1.14 bits per heavy atom. The maximum atomic E-state index is 12.2. The molecule has 0 radical (unpaired) electrons. The van der Waals surface area contributed by atoms with Crippen LogP contribution < -0.4 is 0 Å². The van der Waals surface area contributed by atoms with Crippen LogP contribution in [0.4, 0.5) is 4.79 Å². The van der Waals surface area contributed by atoms with Crippen molar-refractivity contribution in [1.29, 1.82) is 0 Å². The summed E-state index contributed by atoms with van der Waals surface area (Å²) in [6.45, 7) is 18.4. The molecule has 1 aliphatic rings. The number of nitrogens with zero attached hydrogens (tertiary/aromatic N) is 1. The average Bonchev–Trinajstić information content (AvgIpc) is 2.24. The van der Waals surface area contributed by atoms with Gasteiger partial charge in [0.25, 0.3) is 0 Å². The van der Waals surface area contributed by atoms with Crippen LogP contribution in [-0.4, -0.2) is 44.1 Å². The maximum absolute atomic E-state index is 12.2. The van der Waals surface area contributed by atoms with Crippen LogP contribution >= 0.6 is 0 Å². The zero-order chi connectivity index (χ0) is 16.5. The van der Waals surface area contributed by atoms with Crippen molar-refractivity contribution in [3.63, 3.8) is 0 Å². The van der Waals surface area contributed by atoms with Crippen molar-refractivity contribution in [3.05, 3.63) is 0 Å². The second kappa shape index (κ2) is 6.29. The van der Waals surface area contributed by atoms with E-state index in [0.717, 1.165) is 19.4 Å². The van der Waals surface area contributed by atoms with Crippen LogP contribution in [0.3, 0.4) is 0 Å². The summed E-state index contributed by atoms with van der Waals surface area (Å²) in [5.41, 5.74) is -0.440. The van der Waals surface area contributed by atoms with Crippen LogP contribution in [-0.2, 0) is 9.16 Å². The summed E-state index contributed by atoms with van der Waals surface area (Å²) in [5.74, 6) is 0. The first kappa shape index (κ1) is 18.5. The van der Waals surface area contributed by atoms with Gasteiger partial charge in [-0.05, 0) is 51.7 Å². The highest BCUT2D eigenvalue weighted by atomic mass is 28.4. The van der Waals surface area contributed by atoms with Crippen molar-refractivity contribution in [2.75, 3.05) is 13.1 Å². The smallest absolute Gasteiger partial charge is 0.410 e. The van der Waals surface area contributed by atoms with Crippen LogP contribution in [0, 0.1) is 0 Å². The molecular weight excluding hydrogens is 282 g/mol. The van der Waals surface area contributed by atoms with Crippen molar-refractivity contribution in [2.24, 2.45) is 0 Å². The van der Waals surface area contributed by atoms with Gasteiger partial charge in [0.15, 0.2) is 8.32 Å². The van der Waals surface area contributed by atoms with E-state index in [1.165, 1.54) is 0 Å². The van der Waals surface area contributed by atoms with E-state index in [1.807, 2.05) is 20.8 Å². The Labute approximate surface area is 131 Å². The number of rotatable bonds is 2. The van der Waals surface area contributed by atoms with Gasteiger partial charge in [0, 0.05) is 13.1 Å². The lowest BCUT2D eigenvalue weighted by Gasteiger charge is -2.42. The molecule has 21 heavy (non-hydrogen) atoms. The summed E-state index contributed by atoms with van der Waals surface area (Å²) in [6, 6.07) is 0. The summed E-state index contributed by atoms with van der Waals surface area (Å²) >= 11 is 0. The minimum absolute atomic E-state index is 0.146. The normalized spacial score (nSPS) is 21.3. The monoisotopic (exact) mass is 315 g/mol. The van der Waals surface area contributed by atoms with Crippen molar-refractivity contribution in [1.82, 2.24) is 4.90 Å². The largest absolute Gasteiger partial charge is 0.444 e. The fourth-order valence-corrected chi connectivity index (χ4v) is 3.50. The number of piperidine rings is 1. The highest BCUT2D eigenvalue weighted by Gasteiger charge is 2.40. The van der Waals surface area contributed by atoms with E-state index >= 15 is 0 Å². The lowest BCUT2D eigenvalue weighted by Crippen LogP contribution is -2.51. The number of ether oxygens (including phenoxy) is 1. The Hall–Kier alpha value is -0.553. The molecule has 0 bridgehead atoms. The maximum Gasteiger partial charge on any atom is 0.410 e. The van der Waals surface area contributed by atoms with Gasteiger partial charge in [-0.3, -0.25) is 0 Å². The van der Waals surface area contributed by atoms with Crippen LogP contribution in [0.25, 0.3) is 0 Å². The SMILES string of the molecule is CC(C)(C)OC(=O)N1CCC[C@H](O[Si](C)(C)C(C)(C)C)C1. The standard InChI is InChI=1S/C16H33NO3Si/c1-15(2,3)19-14(18)17-11-9-10-13(12-17)20-21(7,8)16(4,5)6/h13H,9-12H2,1-8H3/t13-/m0/s1. The van der Waals surface area contributed by atoms with Gasteiger partial charge in [0.05, 0.1) is 6.10 Å². The number of carbonyl (C=O) groups excluding carboxylic acids is 1. The van der Waals surface area contributed by atoms with E-state index in [4.69, 9.17) is 9.16 Å². The first-order valence-corrected chi connectivity index (χ1v) is 10.9. The van der Waals surface area contributed by atoms with E-state index in [9.17, 15) is 4.79 Å². The fraction of sp³-hybridized carbons (Fsp3) is 0.938. The van der Waals surface area contributed by atoms with Gasteiger partial charge in [-0.2, -0.15) is 0 Å². The fourth-order valence-electron chi connectivity index (χ4n) is 2.12. The molecule has 124 valence electrons. The molecule has 0 aromatic rings. The number of hydrogen-bond donors (Lipinski definition) is 0. The van der Waals surface area contributed by atoms with E-state index < -0.39 is 13.9 Å². The van der Waals surface area contributed by atoms with Gasteiger partial charge in [0.2, 0.25) is 0 Å². The highest BCUT2D eigenvalue weighted by molar-refractivity contribution is 6.74. The Balaban J connectivity index is 2.63. The predicted octanol–water partition coefficient (Wildman–Crippen LogP) is 4.41. The minimum Gasteiger partial charge on any atom is -0.444 e. The molecule has 1 heterocycles. The van der Waals surface area contributed by atoms with Crippen molar-refractivity contribution >= 4 is 14.4 Å². The van der Waals surface area contributed by atoms with E-state index in [2.05, 4.69) is 33.9 Å². The van der Waals surface area contributed by atoms with Crippen molar-refractivity contribution in [3.8, 4) is 0 Å². The van der Waals surface area contributed by atoms with Gasteiger partial charge in [0.1, 0.15) is 5.60 Å². The molecule has 1 aliphatic heterocycles. The molecule has 5 heteroatoms. The first-order valence-electron chi connectivity index (χ1n) is 7.97. The number of amides is 1. The summed E-state index contributed by atoms with van der Waals surface area (Å²) in [4.78, 5) is 14.0. The molecule has 1 amide bonds. The predicted molar refractivity (Wildman–Crippen MR) is 89.1 cm³/mol. The lowest BCUT2D eigenvalue weighted by atomic mass is 10.1. The molecule has 4 nitrogen and oxygen atoms in total. The second-order valence-corrected chi connectivity index (χ2v) is 13.3. The van der Waals surface area contributed by atoms with Crippen LogP contribution in [0.2, 0.25) is 18.1 Å². The summed E-state index contributed by atoms with van der Waals surface area (Å²) in [6.07, 6.45) is 1.95. The third kappa shape index (κ3) is 5.62. The molecule has 0 aromatic carbocycles. The number of hydrogen-bond acceptors (Lipinski definition) is 3. The molecule has 0 N–H and O–H groups in total. The average molecular weight is 316 g/mol. The third-order valence-corrected chi connectivity index (χ3v) is 8.83. The lowest BCUT2D eigenvalue weighted by molar-refractivity contribution is 0.00590. The molecule has 1 atom stereocenters. The van der Waals surface area contributed by atoms with Gasteiger partial charge < -0.3 is 14.1 Å². The summed E-state index contributed by atoms with van der Waals surface area (Å²) in [7, 11) is -1.78. The zero-order valence-electron chi connectivity index (χ0n) is 15.1. The molecule has 0 aliphatic carbocycles. The Morgan fingerprint density at radius 2 is 1.71 bits per heavy atom. The number of likely N-dealkylation sites (tertiary alicyclic amines) is 1. The molecule has 0 unspecified atom stereocenters. The Morgan fingerprint density at radius 3 is 2.19 bits per heavy atom. The third-order valence-electron chi connectivity index (χ3n) is 4.30.